The first kappa shape index (κ1) is 13.9. The van der Waals surface area contributed by atoms with Crippen molar-refractivity contribution >= 4 is 46.0 Å². The Morgan fingerprint density at radius 3 is 2.90 bits per heavy atom. The molecule has 0 bridgehead atoms. The molecule has 21 heavy (non-hydrogen) atoms. The number of aromatic nitrogens is 1. The maximum Gasteiger partial charge on any atom is 0.270 e. The molecule has 1 saturated heterocycles. The van der Waals surface area contributed by atoms with Crippen LogP contribution < -0.4 is 9.64 Å². The van der Waals surface area contributed by atoms with E-state index in [9.17, 15) is 4.79 Å². The zero-order valence-corrected chi connectivity index (χ0v) is 12.8. The highest BCUT2D eigenvalue weighted by atomic mass is 32.2. The second-order valence-corrected chi connectivity index (χ2v) is 6.02. The first-order valence-corrected chi connectivity index (χ1v) is 7.47. The van der Waals surface area contributed by atoms with E-state index in [0.29, 0.717) is 20.7 Å². The van der Waals surface area contributed by atoms with E-state index >= 15 is 0 Å². The number of aromatic amines is 1. The second kappa shape index (κ2) is 5.75. The molecule has 0 spiro atoms. The third-order valence-electron chi connectivity index (χ3n) is 3.01. The molecule has 106 valence electrons. The summed E-state index contributed by atoms with van der Waals surface area (Å²) in [5, 5.41) is 0. The van der Waals surface area contributed by atoms with Crippen LogP contribution in [-0.2, 0) is 4.79 Å². The number of carbonyl (C=O) groups excluding carboxylic acids is 1. The summed E-state index contributed by atoms with van der Waals surface area (Å²) in [7, 11) is 1.59. The Balaban J connectivity index is 1.93. The molecule has 2 heterocycles. The minimum absolute atomic E-state index is 0.118. The Labute approximate surface area is 131 Å². The Morgan fingerprint density at radius 2 is 2.19 bits per heavy atom. The van der Waals surface area contributed by atoms with E-state index in [1.54, 1.807) is 19.3 Å². The van der Waals surface area contributed by atoms with Gasteiger partial charge in [-0.2, -0.15) is 0 Å². The van der Waals surface area contributed by atoms with Crippen molar-refractivity contribution in [2.75, 3.05) is 12.0 Å². The van der Waals surface area contributed by atoms with Gasteiger partial charge in [-0.25, -0.2) is 0 Å². The molecule has 2 aromatic rings. The number of anilines is 1. The normalized spacial score (nSPS) is 16.8. The summed E-state index contributed by atoms with van der Waals surface area (Å²) in [5.41, 5.74) is 1.59. The molecule has 6 heteroatoms. The summed E-state index contributed by atoms with van der Waals surface area (Å²) in [6.07, 6.45) is 3.62. The quantitative estimate of drug-likeness (QED) is 0.696. The summed E-state index contributed by atoms with van der Waals surface area (Å²) in [6.45, 7) is 0. The zero-order chi connectivity index (χ0) is 14.8. The van der Waals surface area contributed by atoms with E-state index in [4.69, 9.17) is 17.0 Å². The van der Waals surface area contributed by atoms with Crippen LogP contribution in [0.1, 0.15) is 5.69 Å². The minimum Gasteiger partial charge on any atom is -0.497 e. The number of thiocarbonyl (C=S) groups is 1. The fourth-order valence-corrected chi connectivity index (χ4v) is 3.31. The van der Waals surface area contributed by atoms with Crippen LogP contribution in [0.5, 0.6) is 5.75 Å². The number of benzene rings is 1. The van der Waals surface area contributed by atoms with Gasteiger partial charge in [-0.15, -0.1) is 0 Å². The molecule has 1 amide bonds. The standard InChI is InChI=1S/C15H12N2O2S2/c1-19-12-6-2-5-11(9-12)17-14(18)13(21-15(17)20)8-10-4-3-7-16-10/h2-9,16H,1H3. The molecular weight excluding hydrogens is 304 g/mol. The van der Waals surface area contributed by atoms with Gasteiger partial charge in [-0.05, 0) is 30.3 Å². The molecule has 0 unspecified atom stereocenters. The molecule has 0 atom stereocenters. The van der Waals surface area contributed by atoms with Crippen molar-refractivity contribution in [3.8, 4) is 5.75 Å². The smallest absolute Gasteiger partial charge is 0.270 e. The van der Waals surface area contributed by atoms with E-state index in [1.165, 1.54) is 16.7 Å². The van der Waals surface area contributed by atoms with Crippen LogP contribution in [-0.4, -0.2) is 22.3 Å². The van der Waals surface area contributed by atoms with Crippen LogP contribution in [0.25, 0.3) is 6.08 Å². The Hall–Kier alpha value is -2.05. The largest absolute Gasteiger partial charge is 0.497 e. The summed E-state index contributed by atoms with van der Waals surface area (Å²) >= 11 is 6.62. The summed E-state index contributed by atoms with van der Waals surface area (Å²) in [6, 6.07) is 11.1. The fourth-order valence-electron chi connectivity index (χ4n) is 2.02. The first-order valence-electron chi connectivity index (χ1n) is 6.24. The zero-order valence-electron chi connectivity index (χ0n) is 11.2. The molecule has 1 aliphatic heterocycles. The molecule has 1 N–H and O–H groups in total. The Kier molecular flexibility index (Phi) is 3.81. The van der Waals surface area contributed by atoms with Crippen molar-refractivity contribution in [3.63, 3.8) is 0 Å². The second-order valence-electron chi connectivity index (χ2n) is 4.34. The van der Waals surface area contributed by atoms with E-state index in [2.05, 4.69) is 4.98 Å². The van der Waals surface area contributed by atoms with E-state index in [0.717, 1.165) is 5.69 Å². The molecule has 1 aromatic heterocycles. The van der Waals surface area contributed by atoms with Gasteiger partial charge >= 0.3 is 0 Å². The van der Waals surface area contributed by atoms with Crippen LogP contribution >= 0.6 is 24.0 Å². The third-order valence-corrected chi connectivity index (χ3v) is 4.32. The first-order chi connectivity index (χ1) is 10.2. The SMILES string of the molecule is COc1cccc(N2C(=O)C(=Cc3ccc[nH]3)SC2=S)c1. The lowest BCUT2D eigenvalue weighted by Crippen LogP contribution is -2.27. The van der Waals surface area contributed by atoms with Gasteiger partial charge in [-0.1, -0.05) is 30.0 Å². The maximum absolute atomic E-state index is 12.5. The lowest BCUT2D eigenvalue weighted by atomic mass is 10.2. The van der Waals surface area contributed by atoms with E-state index < -0.39 is 0 Å². The molecule has 0 radical (unpaired) electrons. The average molecular weight is 316 g/mol. The predicted molar refractivity (Wildman–Crippen MR) is 89.4 cm³/mol. The molecule has 1 fully saturated rings. The molecule has 4 nitrogen and oxygen atoms in total. The highest BCUT2D eigenvalue weighted by Gasteiger charge is 2.33. The van der Waals surface area contributed by atoms with Crippen LogP contribution in [0, 0.1) is 0 Å². The number of rotatable bonds is 3. The number of thioether (sulfide) groups is 1. The summed E-state index contributed by atoms with van der Waals surface area (Å²) < 4.78 is 5.71. The van der Waals surface area contributed by atoms with Gasteiger partial charge in [0.25, 0.3) is 5.91 Å². The number of H-pyrrole nitrogens is 1. The van der Waals surface area contributed by atoms with Crippen molar-refractivity contribution in [1.29, 1.82) is 0 Å². The van der Waals surface area contributed by atoms with Crippen molar-refractivity contribution < 1.29 is 9.53 Å². The van der Waals surface area contributed by atoms with Crippen LogP contribution in [0.2, 0.25) is 0 Å². The number of nitrogens with one attached hydrogen (secondary N) is 1. The van der Waals surface area contributed by atoms with Gasteiger partial charge in [0, 0.05) is 18.0 Å². The topological polar surface area (TPSA) is 45.3 Å². The summed E-state index contributed by atoms with van der Waals surface area (Å²) in [5.74, 6) is 0.572. The number of amides is 1. The minimum atomic E-state index is -0.118. The van der Waals surface area contributed by atoms with Gasteiger partial charge in [0.05, 0.1) is 17.7 Å². The maximum atomic E-state index is 12.5. The lowest BCUT2D eigenvalue weighted by Gasteiger charge is -2.15. The highest BCUT2D eigenvalue weighted by molar-refractivity contribution is 8.27. The Morgan fingerprint density at radius 1 is 1.33 bits per heavy atom. The van der Waals surface area contributed by atoms with Crippen LogP contribution in [0.4, 0.5) is 5.69 Å². The monoisotopic (exact) mass is 316 g/mol. The lowest BCUT2D eigenvalue weighted by molar-refractivity contribution is -0.113. The third kappa shape index (κ3) is 2.72. The number of ether oxygens (including phenoxy) is 1. The Bertz CT molecular complexity index is 723. The molecule has 1 aliphatic rings. The van der Waals surface area contributed by atoms with Crippen molar-refractivity contribution in [2.45, 2.75) is 0 Å². The van der Waals surface area contributed by atoms with Gasteiger partial charge in [0.1, 0.15) is 5.75 Å². The van der Waals surface area contributed by atoms with Gasteiger partial charge in [0.2, 0.25) is 0 Å². The van der Waals surface area contributed by atoms with Crippen molar-refractivity contribution in [3.05, 3.63) is 53.2 Å². The molecule has 3 rings (SSSR count). The average Bonchev–Trinajstić information content (AvgIpc) is 3.08. The number of carbonyl (C=O) groups is 1. The van der Waals surface area contributed by atoms with E-state index in [-0.39, 0.29) is 5.91 Å². The predicted octanol–water partition coefficient (Wildman–Crippen LogP) is 3.43. The van der Waals surface area contributed by atoms with Crippen LogP contribution in [0.15, 0.2) is 47.5 Å². The van der Waals surface area contributed by atoms with Crippen LogP contribution in [0.3, 0.4) is 0 Å². The molecule has 0 saturated carbocycles. The van der Waals surface area contributed by atoms with E-state index in [1.807, 2.05) is 36.5 Å². The van der Waals surface area contributed by atoms with Gasteiger partial charge in [-0.3, -0.25) is 9.69 Å². The van der Waals surface area contributed by atoms with Gasteiger partial charge in [0.15, 0.2) is 4.32 Å². The molecular formula is C15H12N2O2S2. The number of hydrogen-bond donors (Lipinski definition) is 1. The summed E-state index contributed by atoms with van der Waals surface area (Å²) in [4.78, 5) is 17.7. The number of hydrogen-bond acceptors (Lipinski definition) is 4. The fraction of sp³-hybridized carbons (Fsp3) is 0.0667. The van der Waals surface area contributed by atoms with Gasteiger partial charge < -0.3 is 9.72 Å². The van der Waals surface area contributed by atoms with Crippen molar-refractivity contribution in [1.82, 2.24) is 4.98 Å². The van der Waals surface area contributed by atoms with Crippen molar-refractivity contribution in [2.24, 2.45) is 0 Å². The molecule has 1 aromatic carbocycles. The molecule has 0 aliphatic carbocycles. The highest BCUT2D eigenvalue weighted by Crippen LogP contribution is 2.36. The number of methoxy groups -OCH3 is 1. The number of nitrogens with zero attached hydrogens (tertiary/aromatic N) is 1.